The molecule has 0 saturated carbocycles. The van der Waals surface area contributed by atoms with Crippen LogP contribution in [0, 0.1) is 5.82 Å². The van der Waals surface area contributed by atoms with Gasteiger partial charge in [0.1, 0.15) is 5.82 Å². The zero-order chi connectivity index (χ0) is 12.8. The van der Waals surface area contributed by atoms with Crippen molar-refractivity contribution in [2.24, 2.45) is 0 Å². The van der Waals surface area contributed by atoms with Crippen LogP contribution in [0.15, 0.2) is 18.2 Å². The van der Waals surface area contributed by atoms with Gasteiger partial charge in [-0.3, -0.25) is 0 Å². The van der Waals surface area contributed by atoms with Crippen LogP contribution in [0.1, 0.15) is 18.9 Å². The molecular weight excluding hydrogens is 241 g/mol. The van der Waals surface area contributed by atoms with E-state index in [-0.39, 0.29) is 23.0 Å². The minimum Gasteiger partial charge on any atom is -0.382 e. The Bertz CT molecular complexity index is 359. The lowest BCUT2D eigenvalue weighted by molar-refractivity contribution is 0.101. The molecule has 1 rings (SSSR count). The summed E-state index contributed by atoms with van der Waals surface area (Å²) >= 11 is 5.75. The molecule has 0 aliphatic rings. The van der Waals surface area contributed by atoms with Crippen molar-refractivity contribution < 1.29 is 9.13 Å². The van der Waals surface area contributed by atoms with Crippen LogP contribution >= 0.6 is 11.6 Å². The molecule has 4 heteroatoms. The van der Waals surface area contributed by atoms with Crippen LogP contribution in [-0.4, -0.2) is 26.3 Å². The van der Waals surface area contributed by atoms with E-state index in [4.69, 9.17) is 16.3 Å². The van der Waals surface area contributed by atoms with Crippen molar-refractivity contribution in [2.45, 2.75) is 31.9 Å². The first kappa shape index (κ1) is 14.4. The second-order valence-corrected chi connectivity index (χ2v) is 4.59. The van der Waals surface area contributed by atoms with Gasteiger partial charge in [0.05, 0.1) is 11.1 Å². The molecule has 0 bridgehead atoms. The van der Waals surface area contributed by atoms with Gasteiger partial charge in [-0.05, 0) is 38.4 Å². The Morgan fingerprint density at radius 2 is 2.18 bits per heavy atom. The lowest BCUT2D eigenvalue weighted by Gasteiger charge is -2.20. The first-order valence-electron chi connectivity index (χ1n) is 5.71. The van der Waals surface area contributed by atoms with Gasteiger partial charge in [-0.1, -0.05) is 23.7 Å². The Labute approximate surface area is 107 Å². The summed E-state index contributed by atoms with van der Waals surface area (Å²) in [6.07, 6.45) is 1.59. The van der Waals surface area contributed by atoms with E-state index in [0.717, 1.165) is 6.42 Å². The highest BCUT2D eigenvalue weighted by Crippen LogP contribution is 2.20. The summed E-state index contributed by atoms with van der Waals surface area (Å²) in [7, 11) is 3.55. The Morgan fingerprint density at radius 1 is 1.47 bits per heavy atom. The van der Waals surface area contributed by atoms with Crippen LogP contribution in [-0.2, 0) is 11.2 Å². The van der Waals surface area contributed by atoms with Crippen molar-refractivity contribution in [1.82, 2.24) is 5.32 Å². The summed E-state index contributed by atoms with van der Waals surface area (Å²) < 4.78 is 18.9. The number of nitrogens with one attached hydrogen (secondary N) is 1. The number of halogens is 2. The average Bonchev–Trinajstić information content (AvgIpc) is 2.33. The first-order chi connectivity index (χ1) is 8.08. The van der Waals surface area contributed by atoms with Crippen molar-refractivity contribution in [1.29, 1.82) is 0 Å². The quantitative estimate of drug-likeness (QED) is 0.848. The maximum atomic E-state index is 13.7. The monoisotopic (exact) mass is 259 g/mol. The predicted molar refractivity (Wildman–Crippen MR) is 69.0 cm³/mol. The molecule has 2 nitrogen and oxygen atoms in total. The van der Waals surface area contributed by atoms with E-state index in [2.05, 4.69) is 5.32 Å². The highest BCUT2D eigenvalue weighted by Gasteiger charge is 2.15. The zero-order valence-corrected chi connectivity index (χ0v) is 11.2. The van der Waals surface area contributed by atoms with Gasteiger partial charge in [-0.15, -0.1) is 0 Å². The zero-order valence-electron chi connectivity index (χ0n) is 10.5. The normalized spacial score (nSPS) is 14.6. The number of hydrogen-bond acceptors (Lipinski definition) is 2. The van der Waals surface area contributed by atoms with E-state index in [1.54, 1.807) is 25.3 Å². The van der Waals surface area contributed by atoms with Gasteiger partial charge in [-0.25, -0.2) is 4.39 Å². The third-order valence-electron chi connectivity index (χ3n) is 2.92. The lowest BCUT2D eigenvalue weighted by Crippen LogP contribution is -2.31. The number of ether oxygens (including phenoxy) is 1. The minimum absolute atomic E-state index is 0.148. The number of benzene rings is 1. The van der Waals surface area contributed by atoms with Crippen molar-refractivity contribution >= 4 is 11.6 Å². The molecule has 2 atom stereocenters. The van der Waals surface area contributed by atoms with Crippen LogP contribution in [0.5, 0.6) is 0 Å². The van der Waals surface area contributed by atoms with Gasteiger partial charge >= 0.3 is 0 Å². The SMILES string of the molecule is CNC(Cc1cccc(Cl)c1F)CC(C)OC. The smallest absolute Gasteiger partial charge is 0.145 e. The molecule has 0 aliphatic carbocycles. The van der Waals surface area contributed by atoms with E-state index in [0.29, 0.717) is 12.0 Å². The van der Waals surface area contributed by atoms with Crippen LogP contribution in [0.4, 0.5) is 4.39 Å². The highest BCUT2D eigenvalue weighted by atomic mass is 35.5. The van der Waals surface area contributed by atoms with Crippen molar-refractivity contribution in [2.75, 3.05) is 14.2 Å². The van der Waals surface area contributed by atoms with E-state index >= 15 is 0 Å². The van der Waals surface area contributed by atoms with Crippen molar-refractivity contribution in [3.05, 3.63) is 34.6 Å². The molecule has 0 aromatic heterocycles. The summed E-state index contributed by atoms with van der Waals surface area (Å²) in [6.45, 7) is 2.00. The molecule has 17 heavy (non-hydrogen) atoms. The summed E-state index contributed by atoms with van der Waals surface area (Å²) in [6, 6.07) is 5.28. The third kappa shape index (κ3) is 4.26. The molecule has 0 fully saturated rings. The third-order valence-corrected chi connectivity index (χ3v) is 3.22. The molecule has 0 aliphatic heterocycles. The maximum Gasteiger partial charge on any atom is 0.145 e. The Morgan fingerprint density at radius 3 is 2.76 bits per heavy atom. The van der Waals surface area contributed by atoms with E-state index < -0.39 is 0 Å². The number of rotatable bonds is 6. The fourth-order valence-corrected chi connectivity index (χ4v) is 1.97. The maximum absolute atomic E-state index is 13.7. The summed E-state index contributed by atoms with van der Waals surface area (Å²) in [5.74, 6) is -0.320. The van der Waals surface area contributed by atoms with Crippen LogP contribution in [0.2, 0.25) is 5.02 Å². The highest BCUT2D eigenvalue weighted by molar-refractivity contribution is 6.30. The number of methoxy groups -OCH3 is 1. The molecule has 1 N–H and O–H groups in total. The molecule has 0 amide bonds. The minimum atomic E-state index is -0.320. The molecule has 96 valence electrons. The fraction of sp³-hybridized carbons (Fsp3) is 0.538. The molecule has 0 radical (unpaired) electrons. The van der Waals surface area contributed by atoms with Crippen LogP contribution in [0.25, 0.3) is 0 Å². The van der Waals surface area contributed by atoms with Gasteiger partial charge in [0.25, 0.3) is 0 Å². The summed E-state index contributed by atoms with van der Waals surface area (Å²) in [5.41, 5.74) is 0.639. The Kier molecular flexibility index (Phi) is 5.89. The lowest BCUT2D eigenvalue weighted by atomic mass is 10.0. The van der Waals surface area contributed by atoms with E-state index in [1.165, 1.54) is 0 Å². The van der Waals surface area contributed by atoms with Gasteiger partial charge in [0, 0.05) is 13.2 Å². The summed E-state index contributed by atoms with van der Waals surface area (Å²) in [5, 5.41) is 3.35. The van der Waals surface area contributed by atoms with Gasteiger partial charge in [0.2, 0.25) is 0 Å². The van der Waals surface area contributed by atoms with Gasteiger partial charge < -0.3 is 10.1 Å². The predicted octanol–water partition coefficient (Wildman–Crippen LogP) is 3.03. The first-order valence-corrected chi connectivity index (χ1v) is 6.09. The topological polar surface area (TPSA) is 21.3 Å². The van der Waals surface area contributed by atoms with Crippen molar-refractivity contribution in [3.8, 4) is 0 Å². The molecular formula is C13H19ClFNO. The fourth-order valence-electron chi connectivity index (χ4n) is 1.77. The standard InChI is InChI=1S/C13H19ClFNO/c1-9(17-3)7-11(16-2)8-10-5-4-6-12(14)13(10)15/h4-6,9,11,16H,7-8H2,1-3H3. The number of likely N-dealkylation sites (N-methyl/N-ethyl adjacent to an activating group) is 1. The largest absolute Gasteiger partial charge is 0.382 e. The second-order valence-electron chi connectivity index (χ2n) is 4.18. The average molecular weight is 260 g/mol. The van der Waals surface area contributed by atoms with Gasteiger partial charge in [0.15, 0.2) is 0 Å². The van der Waals surface area contributed by atoms with Crippen molar-refractivity contribution in [3.63, 3.8) is 0 Å². The molecule has 1 aromatic carbocycles. The Hall–Kier alpha value is -0.640. The van der Waals surface area contributed by atoms with Gasteiger partial charge in [-0.2, -0.15) is 0 Å². The molecule has 1 aromatic rings. The van der Waals surface area contributed by atoms with Crippen LogP contribution < -0.4 is 5.32 Å². The Balaban J connectivity index is 2.70. The second kappa shape index (κ2) is 6.94. The molecule has 2 unspecified atom stereocenters. The van der Waals surface area contributed by atoms with E-state index in [9.17, 15) is 4.39 Å². The molecule has 0 heterocycles. The summed E-state index contributed by atoms with van der Waals surface area (Å²) in [4.78, 5) is 0. The molecule has 0 saturated heterocycles. The molecule has 0 spiro atoms. The van der Waals surface area contributed by atoms with Crippen LogP contribution in [0.3, 0.4) is 0 Å². The van der Waals surface area contributed by atoms with E-state index in [1.807, 2.05) is 14.0 Å². The number of hydrogen-bond donors (Lipinski definition) is 1.